The summed E-state index contributed by atoms with van der Waals surface area (Å²) in [5, 5.41) is 0.745. The number of halogens is 2. The van der Waals surface area contributed by atoms with E-state index in [0.29, 0.717) is 12.5 Å². The van der Waals surface area contributed by atoms with Crippen molar-refractivity contribution in [2.45, 2.75) is 19.4 Å². The summed E-state index contributed by atoms with van der Waals surface area (Å²) in [6.45, 7) is 2.68. The van der Waals surface area contributed by atoms with Gasteiger partial charge in [-0.1, -0.05) is 23.7 Å². The molecule has 1 rings (SSSR count). The van der Waals surface area contributed by atoms with Crippen LogP contribution in [0, 0.1) is 0 Å². The van der Waals surface area contributed by atoms with Gasteiger partial charge in [0.25, 0.3) is 0 Å². The fourth-order valence-electron chi connectivity index (χ4n) is 1.32. The molecular formula is C11H14Cl2O. The topological polar surface area (TPSA) is 9.23 Å². The fourth-order valence-corrected chi connectivity index (χ4v) is 1.65. The van der Waals surface area contributed by atoms with Gasteiger partial charge in [-0.05, 0) is 31.0 Å². The van der Waals surface area contributed by atoms with Crippen molar-refractivity contribution in [1.82, 2.24) is 0 Å². The summed E-state index contributed by atoms with van der Waals surface area (Å²) in [6.07, 6.45) is 0.923. The number of ether oxygens (including phenoxy) is 1. The summed E-state index contributed by atoms with van der Waals surface area (Å²) in [6, 6.07) is 7.71. The smallest absolute Gasteiger partial charge is 0.0836 e. The Balaban J connectivity index is 2.71. The molecule has 3 heteroatoms. The van der Waals surface area contributed by atoms with E-state index in [1.54, 1.807) is 0 Å². The predicted molar refractivity (Wildman–Crippen MR) is 61.2 cm³/mol. The molecule has 78 valence electrons. The predicted octanol–water partition coefficient (Wildman–Crippen LogP) is 4.05. The zero-order chi connectivity index (χ0) is 10.4. The van der Waals surface area contributed by atoms with Gasteiger partial charge in [-0.2, -0.15) is 0 Å². The van der Waals surface area contributed by atoms with E-state index < -0.39 is 0 Å². The van der Waals surface area contributed by atoms with Gasteiger partial charge in [-0.25, -0.2) is 0 Å². The van der Waals surface area contributed by atoms with Crippen molar-refractivity contribution in [3.05, 3.63) is 34.9 Å². The number of hydrogen-bond donors (Lipinski definition) is 0. The van der Waals surface area contributed by atoms with Crippen molar-refractivity contribution in [3.8, 4) is 0 Å². The monoisotopic (exact) mass is 232 g/mol. The van der Waals surface area contributed by atoms with Crippen LogP contribution >= 0.6 is 23.2 Å². The van der Waals surface area contributed by atoms with Crippen molar-refractivity contribution in [3.63, 3.8) is 0 Å². The van der Waals surface area contributed by atoms with Gasteiger partial charge < -0.3 is 4.74 Å². The van der Waals surface area contributed by atoms with Gasteiger partial charge >= 0.3 is 0 Å². The van der Waals surface area contributed by atoms with E-state index >= 15 is 0 Å². The molecule has 1 unspecified atom stereocenters. The highest BCUT2D eigenvalue weighted by molar-refractivity contribution is 6.30. The summed E-state index contributed by atoms with van der Waals surface area (Å²) >= 11 is 11.5. The van der Waals surface area contributed by atoms with Crippen LogP contribution in [0.4, 0.5) is 0 Å². The van der Waals surface area contributed by atoms with Crippen LogP contribution in [-0.4, -0.2) is 12.5 Å². The van der Waals surface area contributed by atoms with Crippen LogP contribution in [0.5, 0.6) is 0 Å². The highest BCUT2D eigenvalue weighted by Crippen LogP contribution is 2.23. The minimum Gasteiger partial charge on any atom is -0.374 e. The Bertz CT molecular complexity index is 252. The average Bonchev–Trinajstić information content (AvgIpc) is 2.19. The third-order valence-electron chi connectivity index (χ3n) is 1.98. The lowest BCUT2D eigenvalue weighted by Crippen LogP contribution is -2.04. The molecule has 0 aliphatic rings. The van der Waals surface area contributed by atoms with Crippen molar-refractivity contribution in [2.75, 3.05) is 12.5 Å². The molecule has 0 saturated carbocycles. The van der Waals surface area contributed by atoms with Crippen LogP contribution in [0.25, 0.3) is 0 Å². The normalized spacial score (nSPS) is 12.8. The summed E-state index contributed by atoms with van der Waals surface area (Å²) in [4.78, 5) is 0. The molecular weight excluding hydrogens is 219 g/mol. The third-order valence-corrected chi connectivity index (χ3v) is 2.45. The standard InChI is InChI=1S/C11H14Cl2O/c1-2-14-11(7-8-12)9-3-5-10(13)6-4-9/h3-6,11H,2,7-8H2,1H3. The van der Waals surface area contributed by atoms with E-state index in [0.717, 1.165) is 17.0 Å². The Kier molecular flexibility index (Phi) is 5.31. The van der Waals surface area contributed by atoms with E-state index in [1.165, 1.54) is 0 Å². The maximum Gasteiger partial charge on any atom is 0.0836 e. The molecule has 0 N–H and O–H groups in total. The van der Waals surface area contributed by atoms with Gasteiger partial charge in [-0.15, -0.1) is 11.6 Å². The SMILES string of the molecule is CCOC(CCCl)c1ccc(Cl)cc1. The van der Waals surface area contributed by atoms with Gasteiger partial charge in [0, 0.05) is 17.5 Å². The Morgan fingerprint density at radius 1 is 1.29 bits per heavy atom. The summed E-state index contributed by atoms with van der Waals surface area (Å²) in [5.41, 5.74) is 1.14. The van der Waals surface area contributed by atoms with Crippen LogP contribution in [0.15, 0.2) is 24.3 Å². The molecule has 1 aromatic rings. The molecule has 14 heavy (non-hydrogen) atoms. The molecule has 0 bridgehead atoms. The first-order valence-corrected chi connectivity index (χ1v) is 5.62. The molecule has 0 amide bonds. The molecule has 0 aliphatic heterocycles. The molecule has 0 aliphatic carbocycles. The Morgan fingerprint density at radius 2 is 1.93 bits per heavy atom. The van der Waals surface area contributed by atoms with Crippen LogP contribution in [0.3, 0.4) is 0 Å². The quantitative estimate of drug-likeness (QED) is 0.697. The largest absolute Gasteiger partial charge is 0.374 e. The first-order chi connectivity index (χ1) is 6.77. The molecule has 0 fully saturated rings. The van der Waals surface area contributed by atoms with Gasteiger partial charge in [0.1, 0.15) is 0 Å². The summed E-state index contributed by atoms with van der Waals surface area (Å²) in [5.74, 6) is 0.604. The highest BCUT2D eigenvalue weighted by Gasteiger charge is 2.09. The van der Waals surface area contributed by atoms with Crippen molar-refractivity contribution >= 4 is 23.2 Å². The summed E-state index contributed by atoms with van der Waals surface area (Å²) in [7, 11) is 0. The molecule has 1 aromatic carbocycles. The van der Waals surface area contributed by atoms with E-state index in [2.05, 4.69) is 0 Å². The molecule has 1 atom stereocenters. The highest BCUT2D eigenvalue weighted by atomic mass is 35.5. The molecule has 0 heterocycles. The molecule has 0 radical (unpaired) electrons. The molecule has 1 nitrogen and oxygen atoms in total. The zero-order valence-corrected chi connectivity index (χ0v) is 9.68. The second-order valence-corrected chi connectivity index (χ2v) is 3.79. The van der Waals surface area contributed by atoms with Crippen LogP contribution in [0.2, 0.25) is 5.02 Å². The van der Waals surface area contributed by atoms with Crippen molar-refractivity contribution in [2.24, 2.45) is 0 Å². The summed E-state index contributed by atoms with van der Waals surface area (Å²) < 4.78 is 5.58. The second-order valence-electron chi connectivity index (χ2n) is 2.97. The minimum atomic E-state index is 0.0924. The van der Waals surface area contributed by atoms with Crippen molar-refractivity contribution in [1.29, 1.82) is 0 Å². The van der Waals surface area contributed by atoms with Gasteiger partial charge in [0.2, 0.25) is 0 Å². The Morgan fingerprint density at radius 3 is 2.43 bits per heavy atom. The van der Waals surface area contributed by atoms with E-state index in [4.69, 9.17) is 27.9 Å². The van der Waals surface area contributed by atoms with Gasteiger partial charge in [0.15, 0.2) is 0 Å². The molecule has 0 aromatic heterocycles. The fraction of sp³-hybridized carbons (Fsp3) is 0.455. The Hall–Kier alpha value is -0.240. The van der Waals surface area contributed by atoms with Gasteiger partial charge in [-0.3, -0.25) is 0 Å². The number of alkyl halides is 1. The van der Waals surface area contributed by atoms with E-state index in [1.807, 2.05) is 31.2 Å². The average molecular weight is 233 g/mol. The van der Waals surface area contributed by atoms with Gasteiger partial charge in [0.05, 0.1) is 6.10 Å². The lowest BCUT2D eigenvalue weighted by molar-refractivity contribution is 0.0604. The number of hydrogen-bond acceptors (Lipinski definition) is 1. The minimum absolute atomic E-state index is 0.0924. The lowest BCUT2D eigenvalue weighted by Gasteiger charge is -2.16. The zero-order valence-electron chi connectivity index (χ0n) is 8.17. The third kappa shape index (κ3) is 3.49. The van der Waals surface area contributed by atoms with E-state index in [9.17, 15) is 0 Å². The number of rotatable bonds is 5. The first kappa shape index (κ1) is 11.8. The van der Waals surface area contributed by atoms with Crippen LogP contribution in [-0.2, 0) is 4.74 Å². The van der Waals surface area contributed by atoms with Crippen LogP contribution < -0.4 is 0 Å². The maximum atomic E-state index is 5.80. The first-order valence-electron chi connectivity index (χ1n) is 4.71. The van der Waals surface area contributed by atoms with E-state index in [-0.39, 0.29) is 6.10 Å². The molecule has 0 saturated heterocycles. The lowest BCUT2D eigenvalue weighted by atomic mass is 10.1. The molecule has 0 spiro atoms. The second kappa shape index (κ2) is 6.28. The van der Waals surface area contributed by atoms with Crippen molar-refractivity contribution < 1.29 is 4.74 Å². The van der Waals surface area contributed by atoms with Crippen LogP contribution in [0.1, 0.15) is 25.0 Å². The number of benzene rings is 1. The maximum absolute atomic E-state index is 5.80. The Labute approximate surface area is 95.0 Å².